The summed E-state index contributed by atoms with van der Waals surface area (Å²) in [7, 11) is 1.79. The van der Waals surface area contributed by atoms with Crippen LogP contribution in [0, 0.1) is 5.92 Å². The molecule has 2 aliphatic heterocycles. The summed E-state index contributed by atoms with van der Waals surface area (Å²) in [6.45, 7) is 5.30. The molecule has 2 fully saturated rings. The van der Waals surface area contributed by atoms with Crippen LogP contribution in [0.2, 0.25) is 0 Å². The molecule has 3 rings (SSSR count). The van der Waals surface area contributed by atoms with Crippen molar-refractivity contribution in [3.8, 4) is 0 Å². The average molecular weight is 403 g/mol. The second-order valence-electron chi connectivity index (χ2n) is 6.86. The number of piperidine rings is 1. The first-order valence-electron chi connectivity index (χ1n) is 8.84. The molecule has 1 N–H and O–H groups in total. The van der Waals surface area contributed by atoms with Gasteiger partial charge in [0, 0.05) is 58.5 Å². The van der Waals surface area contributed by atoms with Gasteiger partial charge in [-0.15, -0.1) is 0 Å². The Morgan fingerprint density at radius 2 is 2.04 bits per heavy atom. The monoisotopic (exact) mass is 403 g/mol. The Bertz CT molecular complexity index is 672. The minimum Gasteiger partial charge on any atom is -0.475 e. The van der Waals surface area contributed by atoms with Crippen molar-refractivity contribution in [1.29, 1.82) is 0 Å². The van der Waals surface area contributed by atoms with Crippen LogP contribution in [-0.2, 0) is 20.9 Å². The van der Waals surface area contributed by atoms with Crippen LogP contribution in [0.25, 0.3) is 0 Å². The van der Waals surface area contributed by atoms with Gasteiger partial charge in [-0.1, -0.05) is 6.07 Å². The topological polar surface area (TPSA) is 83.0 Å². The van der Waals surface area contributed by atoms with E-state index in [-0.39, 0.29) is 18.1 Å². The summed E-state index contributed by atoms with van der Waals surface area (Å²) in [6, 6.07) is 4.36. The Balaban J connectivity index is 0.000000345. The first-order valence-corrected chi connectivity index (χ1v) is 8.84. The third kappa shape index (κ3) is 5.65. The normalized spacial score (nSPS) is 24.9. The predicted octanol–water partition coefficient (Wildman–Crippen LogP) is 1.78. The van der Waals surface area contributed by atoms with E-state index in [9.17, 15) is 18.0 Å². The second-order valence-corrected chi connectivity index (χ2v) is 6.86. The first kappa shape index (κ1) is 22.1. The van der Waals surface area contributed by atoms with Gasteiger partial charge in [0.25, 0.3) is 0 Å². The van der Waals surface area contributed by atoms with Gasteiger partial charge in [-0.3, -0.25) is 14.7 Å². The highest BCUT2D eigenvalue weighted by molar-refractivity contribution is 5.74. The third-order valence-corrected chi connectivity index (χ3v) is 5.02. The van der Waals surface area contributed by atoms with Crippen molar-refractivity contribution in [3.63, 3.8) is 0 Å². The van der Waals surface area contributed by atoms with Crippen molar-refractivity contribution in [3.05, 3.63) is 30.1 Å². The Kier molecular flexibility index (Phi) is 7.36. The number of carbonyl (C=O) groups excluding carboxylic acids is 1. The van der Waals surface area contributed by atoms with E-state index in [1.165, 1.54) is 5.56 Å². The lowest BCUT2D eigenvalue weighted by atomic mass is 9.89. The number of alkyl halides is 3. The molecule has 7 nitrogen and oxygen atoms in total. The molecular weight excluding hydrogens is 379 g/mol. The molecule has 156 valence electrons. The number of halogens is 3. The zero-order valence-electron chi connectivity index (χ0n) is 15.7. The molecule has 2 aliphatic rings. The van der Waals surface area contributed by atoms with Gasteiger partial charge < -0.3 is 14.7 Å². The van der Waals surface area contributed by atoms with E-state index >= 15 is 0 Å². The summed E-state index contributed by atoms with van der Waals surface area (Å²) in [4.78, 5) is 29.4. The fourth-order valence-corrected chi connectivity index (χ4v) is 3.80. The SMILES string of the molecule is CO[C@@H]1CCN(C(C)=O)[C@@H]2CN(Cc3cccnc3)C[C@@H]21.O=C(O)C(F)(F)F. The third-order valence-electron chi connectivity index (χ3n) is 5.02. The maximum absolute atomic E-state index is 11.9. The summed E-state index contributed by atoms with van der Waals surface area (Å²) in [6.07, 6.45) is -0.160. The second kappa shape index (κ2) is 9.33. The lowest BCUT2D eigenvalue weighted by Gasteiger charge is -2.40. The number of likely N-dealkylation sites (tertiary alicyclic amines) is 2. The number of aromatic nitrogens is 1. The lowest BCUT2D eigenvalue weighted by molar-refractivity contribution is -0.192. The van der Waals surface area contributed by atoms with Crippen molar-refractivity contribution >= 4 is 11.9 Å². The maximum Gasteiger partial charge on any atom is 0.490 e. The lowest BCUT2D eigenvalue weighted by Crippen LogP contribution is -2.52. The molecule has 0 bridgehead atoms. The fraction of sp³-hybridized carbons (Fsp3) is 0.611. The van der Waals surface area contributed by atoms with Crippen LogP contribution in [0.5, 0.6) is 0 Å². The summed E-state index contributed by atoms with van der Waals surface area (Å²) in [5.41, 5.74) is 1.22. The molecule has 0 unspecified atom stereocenters. The summed E-state index contributed by atoms with van der Waals surface area (Å²) in [5.74, 6) is -2.15. The van der Waals surface area contributed by atoms with Crippen molar-refractivity contribution in [2.75, 3.05) is 26.7 Å². The minimum absolute atomic E-state index is 0.183. The van der Waals surface area contributed by atoms with E-state index in [1.54, 1.807) is 20.2 Å². The van der Waals surface area contributed by atoms with Crippen LogP contribution in [0.1, 0.15) is 18.9 Å². The Morgan fingerprint density at radius 3 is 2.54 bits per heavy atom. The highest BCUT2D eigenvalue weighted by Crippen LogP contribution is 2.33. The average Bonchev–Trinajstić information content (AvgIpc) is 3.04. The van der Waals surface area contributed by atoms with E-state index in [0.29, 0.717) is 5.92 Å². The highest BCUT2D eigenvalue weighted by atomic mass is 19.4. The van der Waals surface area contributed by atoms with Gasteiger partial charge in [0.2, 0.25) is 5.91 Å². The molecule has 0 aromatic carbocycles. The number of pyridine rings is 1. The number of fused-ring (bicyclic) bond motifs is 1. The zero-order chi connectivity index (χ0) is 20.9. The van der Waals surface area contributed by atoms with Crippen molar-refractivity contribution in [1.82, 2.24) is 14.8 Å². The van der Waals surface area contributed by atoms with Gasteiger partial charge in [0.05, 0.1) is 12.1 Å². The number of methoxy groups -OCH3 is 1. The predicted molar refractivity (Wildman–Crippen MR) is 93.3 cm³/mol. The van der Waals surface area contributed by atoms with Crippen LogP contribution in [0.15, 0.2) is 24.5 Å². The van der Waals surface area contributed by atoms with E-state index in [2.05, 4.69) is 16.0 Å². The van der Waals surface area contributed by atoms with Crippen molar-refractivity contribution in [2.24, 2.45) is 5.92 Å². The molecule has 1 aromatic heterocycles. The molecule has 0 radical (unpaired) electrons. The number of hydrogen-bond donors (Lipinski definition) is 1. The van der Waals surface area contributed by atoms with Gasteiger partial charge in [-0.25, -0.2) is 4.79 Å². The summed E-state index contributed by atoms with van der Waals surface area (Å²) < 4.78 is 37.4. The van der Waals surface area contributed by atoms with Crippen LogP contribution < -0.4 is 0 Å². The molecule has 0 spiro atoms. The molecule has 1 aromatic rings. The van der Waals surface area contributed by atoms with Crippen LogP contribution >= 0.6 is 0 Å². The molecule has 3 atom stereocenters. The number of hydrogen-bond acceptors (Lipinski definition) is 5. The molecule has 28 heavy (non-hydrogen) atoms. The smallest absolute Gasteiger partial charge is 0.475 e. The largest absolute Gasteiger partial charge is 0.490 e. The van der Waals surface area contributed by atoms with Crippen LogP contribution in [0.3, 0.4) is 0 Å². The standard InChI is InChI=1S/C16H23N3O2.C2HF3O2/c1-12(20)19-7-5-16(21-2)14-10-18(11-15(14)19)9-13-4-3-6-17-8-13;3-2(4,5)1(6)7/h3-4,6,8,14-16H,5,7,9-11H2,1-2H3;(H,6,7)/t14-,15+,16+;/m0./s1. The summed E-state index contributed by atoms with van der Waals surface area (Å²) >= 11 is 0. The van der Waals surface area contributed by atoms with Gasteiger partial charge in [0.1, 0.15) is 0 Å². The maximum atomic E-state index is 11.9. The number of rotatable bonds is 3. The van der Waals surface area contributed by atoms with Gasteiger partial charge in [-0.05, 0) is 18.1 Å². The first-order chi connectivity index (χ1) is 13.1. The molecule has 0 aliphatic carbocycles. The van der Waals surface area contributed by atoms with Crippen molar-refractivity contribution < 1.29 is 32.6 Å². The zero-order valence-corrected chi connectivity index (χ0v) is 15.7. The Morgan fingerprint density at radius 1 is 1.36 bits per heavy atom. The summed E-state index contributed by atoms with van der Waals surface area (Å²) in [5, 5.41) is 7.12. The highest BCUT2D eigenvalue weighted by Gasteiger charge is 2.45. The number of ether oxygens (including phenoxy) is 1. The number of carbonyl (C=O) groups is 2. The van der Waals surface area contributed by atoms with Crippen molar-refractivity contribution in [2.45, 2.75) is 38.2 Å². The fourth-order valence-electron chi connectivity index (χ4n) is 3.80. The number of aliphatic carboxylic acids is 1. The molecule has 0 saturated carbocycles. The molecule has 3 heterocycles. The number of amides is 1. The van der Waals surface area contributed by atoms with Crippen LogP contribution in [0.4, 0.5) is 13.2 Å². The molecule has 10 heteroatoms. The molecule has 2 saturated heterocycles. The van der Waals surface area contributed by atoms with E-state index in [4.69, 9.17) is 14.6 Å². The van der Waals surface area contributed by atoms with Gasteiger partial charge in [0.15, 0.2) is 0 Å². The minimum atomic E-state index is -5.08. The molecule has 1 amide bonds. The number of carboxylic acid groups (broad SMARTS) is 1. The molecular formula is C18H24F3N3O4. The Labute approximate surface area is 161 Å². The van der Waals surface area contributed by atoms with Gasteiger partial charge >= 0.3 is 12.1 Å². The van der Waals surface area contributed by atoms with E-state index < -0.39 is 12.1 Å². The van der Waals surface area contributed by atoms with E-state index in [1.807, 2.05) is 17.2 Å². The van der Waals surface area contributed by atoms with Crippen LogP contribution in [-0.4, -0.2) is 76.8 Å². The number of carboxylic acids is 1. The van der Waals surface area contributed by atoms with Gasteiger partial charge in [-0.2, -0.15) is 13.2 Å². The van der Waals surface area contributed by atoms with E-state index in [0.717, 1.165) is 32.6 Å². The number of nitrogens with zero attached hydrogens (tertiary/aromatic N) is 3. The Hall–Kier alpha value is -2.20. The quantitative estimate of drug-likeness (QED) is 0.829.